The number of aromatic nitrogens is 1. The highest BCUT2D eigenvalue weighted by molar-refractivity contribution is 9.11. The Morgan fingerprint density at radius 1 is 1.29 bits per heavy atom. The molecule has 0 saturated heterocycles. The first-order valence-corrected chi connectivity index (χ1v) is 5.66. The van der Waals surface area contributed by atoms with Crippen molar-refractivity contribution in [3.8, 4) is 0 Å². The van der Waals surface area contributed by atoms with Crippen LogP contribution in [0.1, 0.15) is 5.69 Å². The number of fused-ring (bicyclic) bond motifs is 1. The van der Waals surface area contributed by atoms with Crippen molar-refractivity contribution in [2.45, 2.75) is 6.92 Å². The van der Waals surface area contributed by atoms with Gasteiger partial charge in [0.05, 0.1) is 9.99 Å². The van der Waals surface area contributed by atoms with Crippen molar-refractivity contribution < 1.29 is 0 Å². The topological polar surface area (TPSA) is 32.9 Å². The van der Waals surface area contributed by atoms with E-state index in [-0.39, 0.29) is 5.43 Å². The molecule has 0 bridgehead atoms. The van der Waals surface area contributed by atoms with Gasteiger partial charge in [-0.1, -0.05) is 6.07 Å². The van der Waals surface area contributed by atoms with E-state index in [9.17, 15) is 4.79 Å². The van der Waals surface area contributed by atoms with Crippen molar-refractivity contribution >= 4 is 42.8 Å². The Labute approximate surface area is 97.6 Å². The molecule has 2 nitrogen and oxygen atoms in total. The number of para-hydroxylation sites is 1. The fraction of sp³-hybridized carbons (Fsp3) is 0.100. The van der Waals surface area contributed by atoms with Crippen LogP contribution in [0.15, 0.2) is 31.9 Å². The Hall–Kier alpha value is -0.610. The van der Waals surface area contributed by atoms with Crippen molar-refractivity contribution in [1.82, 2.24) is 4.98 Å². The monoisotopic (exact) mass is 315 g/mol. The van der Waals surface area contributed by atoms with Crippen LogP contribution in [0.2, 0.25) is 0 Å². The van der Waals surface area contributed by atoms with Crippen LogP contribution in [-0.2, 0) is 0 Å². The van der Waals surface area contributed by atoms with E-state index in [1.807, 2.05) is 25.1 Å². The summed E-state index contributed by atoms with van der Waals surface area (Å²) in [7, 11) is 0. The van der Waals surface area contributed by atoms with E-state index in [0.717, 1.165) is 15.7 Å². The molecule has 0 amide bonds. The quantitative estimate of drug-likeness (QED) is 0.794. The maximum absolute atomic E-state index is 11.8. The molecule has 0 unspecified atom stereocenters. The minimum atomic E-state index is 0.0255. The molecule has 1 aromatic carbocycles. The summed E-state index contributed by atoms with van der Waals surface area (Å²) in [5, 5.41) is 0.692. The summed E-state index contributed by atoms with van der Waals surface area (Å²) in [6, 6.07) is 5.57. The van der Waals surface area contributed by atoms with E-state index >= 15 is 0 Å². The fourth-order valence-corrected chi connectivity index (χ4v) is 2.15. The highest BCUT2D eigenvalue weighted by Crippen LogP contribution is 2.22. The van der Waals surface area contributed by atoms with Gasteiger partial charge < -0.3 is 4.98 Å². The molecule has 4 heteroatoms. The number of nitrogens with one attached hydrogen (secondary N) is 1. The molecule has 1 heterocycles. The molecule has 0 saturated carbocycles. The summed E-state index contributed by atoms with van der Waals surface area (Å²) in [4.78, 5) is 15.0. The number of aryl methyl sites for hydroxylation is 1. The summed E-state index contributed by atoms with van der Waals surface area (Å²) in [5.74, 6) is 0. The zero-order valence-electron chi connectivity index (χ0n) is 7.40. The third kappa shape index (κ3) is 1.42. The van der Waals surface area contributed by atoms with Gasteiger partial charge in [0.1, 0.15) is 0 Å². The lowest BCUT2D eigenvalue weighted by Gasteiger charge is -2.04. The van der Waals surface area contributed by atoms with Crippen molar-refractivity contribution in [2.24, 2.45) is 0 Å². The van der Waals surface area contributed by atoms with Gasteiger partial charge in [0, 0.05) is 15.6 Å². The van der Waals surface area contributed by atoms with E-state index in [1.54, 1.807) is 0 Å². The van der Waals surface area contributed by atoms with Crippen LogP contribution >= 0.6 is 31.9 Å². The molecule has 0 fully saturated rings. The Balaban J connectivity index is 3.06. The van der Waals surface area contributed by atoms with Gasteiger partial charge in [0.2, 0.25) is 5.43 Å². The molecule has 0 radical (unpaired) electrons. The molecule has 0 spiro atoms. The van der Waals surface area contributed by atoms with E-state index in [0.29, 0.717) is 9.86 Å². The normalized spacial score (nSPS) is 10.8. The largest absolute Gasteiger partial charge is 0.357 e. The average molecular weight is 317 g/mol. The average Bonchev–Trinajstić information content (AvgIpc) is 2.17. The fourth-order valence-electron chi connectivity index (χ4n) is 1.37. The lowest BCUT2D eigenvalue weighted by atomic mass is 10.2. The second kappa shape index (κ2) is 3.51. The van der Waals surface area contributed by atoms with Gasteiger partial charge >= 0.3 is 0 Å². The summed E-state index contributed by atoms with van der Waals surface area (Å²) >= 11 is 6.67. The van der Waals surface area contributed by atoms with Crippen molar-refractivity contribution in [2.75, 3.05) is 0 Å². The van der Waals surface area contributed by atoms with Crippen LogP contribution in [0.5, 0.6) is 0 Å². The lowest BCUT2D eigenvalue weighted by Crippen LogP contribution is -2.06. The highest BCUT2D eigenvalue weighted by Gasteiger charge is 2.07. The number of halogens is 2. The second-order valence-electron chi connectivity index (χ2n) is 3.06. The number of hydrogen-bond donors (Lipinski definition) is 1. The summed E-state index contributed by atoms with van der Waals surface area (Å²) in [5.41, 5.74) is 1.71. The molecule has 0 aliphatic heterocycles. The lowest BCUT2D eigenvalue weighted by molar-refractivity contribution is 1.21. The standard InChI is InChI=1S/C10H7Br2NO/c1-5-8(12)10(14)6-3-2-4-7(11)9(6)13-5/h2-4H,1H3,(H,13,14). The molecule has 0 aliphatic rings. The van der Waals surface area contributed by atoms with Gasteiger partial charge in [-0.15, -0.1) is 0 Å². The van der Waals surface area contributed by atoms with Gasteiger partial charge in [-0.2, -0.15) is 0 Å². The first-order chi connectivity index (χ1) is 6.61. The number of hydrogen-bond acceptors (Lipinski definition) is 1. The zero-order valence-corrected chi connectivity index (χ0v) is 10.6. The Morgan fingerprint density at radius 3 is 2.71 bits per heavy atom. The number of pyridine rings is 1. The predicted octanol–water partition coefficient (Wildman–Crippen LogP) is 3.36. The van der Waals surface area contributed by atoms with Gasteiger partial charge in [0.25, 0.3) is 0 Å². The van der Waals surface area contributed by atoms with E-state index in [1.165, 1.54) is 0 Å². The number of benzene rings is 1. The van der Waals surface area contributed by atoms with Crippen molar-refractivity contribution in [3.63, 3.8) is 0 Å². The summed E-state index contributed by atoms with van der Waals surface area (Å²) < 4.78 is 1.51. The Kier molecular flexibility index (Phi) is 2.49. The number of aromatic amines is 1. The highest BCUT2D eigenvalue weighted by atomic mass is 79.9. The first kappa shape index (κ1) is 9.93. The summed E-state index contributed by atoms with van der Waals surface area (Å²) in [6.45, 7) is 1.87. The van der Waals surface area contributed by atoms with Crippen LogP contribution in [0.4, 0.5) is 0 Å². The van der Waals surface area contributed by atoms with Crippen LogP contribution < -0.4 is 5.43 Å². The molecule has 2 rings (SSSR count). The minimum absolute atomic E-state index is 0.0255. The maximum atomic E-state index is 11.8. The first-order valence-electron chi connectivity index (χ1n) is 4.08. The zero-order chi connectivity index (χ0) is 10.3. The van der Waals surface area contributed by atoms with Crippen LogP contribution in [-0.4, -0.2) is 4.98 Å². The van der Waals surface area contributed by atoms with E-state index in [2.05, 4.69) is 36.8 Å². The van der Waals surface area contributed by atoms with Gasteiger partial charge in [-0.05, 0) is 50.9 Å². The van der Waals surface area contributed by atoms with Crippen LogP contribution in [0.25, 0.3) is 10.9 Å². The molecule has 1 N–H and O–H groups in total. The van der Waals surface area contributed by atoms with E-state index in [4.69, 9.17) is 0 Å². The second-order valence-corrected chi connectivity index (χ2v) is 4.70. The third-order valence-corrected chi connectivity index (χ3v) is 3.72. The van der Waals surface area contributed by atoms with Gasteiger partial charge in [-0.3, -0.25) is 4.79 Å². The molecule has 14 heavy (non-hydrogen) atoms. The molecule has 0 aliphatic carbocycles. The van der Waals surface area contributed by atoms with Crippen molar-refractivity contribution in [3.05, 3.63) is 43.1 Å². The molecular formula is C10H7Br2NO. The van der Waals surface area contributed by atoms with Gasteiger partial charge in [-0.25, -0.2) is 0 Å². The molecule has 2 aromatic rings. The van der Waals surface area contributed by atoms with Crippen LogP contribution in [0.3, 0.4) is 0 Å². The molecule has 1 aromatic heterocycles. The maximum Gasteiger partial charge on any atom is 0.203 e. The van der Waals surface area contributed by atoms with E-state index < -0.39 is 0 Å². The van der Waals surface area contributed by atoms with Gasteiger partial charge in [0.15, 0.2) is 0 Å². The summed E-state index contributed by atoms with van der Waals surface area (Å²) in [6.07, 6.45) is 0. The Bertz CT molecular complexity index is 560. The predicted molar refractivity (Wildman–Crippen MR) is 64.7 cm³/mol. The number of rotatable bonds is 0. The van der Waals surface area contributed by atoms with Crippen molar-refractivity contribution in [1.29, 1.82) is 0 Å². The van der Waals surface area contributed by atoms with Crippen LogP contribution in [0, 0.1) is 6.92 Å². The smallest absolute Gasteiger partial charge is 0.203 e. The SMILES string of the molecule is Cc1[nH]c2c(Br)cccc2c(=O)c1Br. The molecule has 0 atom stereocenters. The number of H-pyrrole nitrogens is 1. The third-order valence-electron chi connectivity index (χ3n) is 2.10. The molecule has 72 valence electrons. The minimum Gasteiger partial charge on any atom is -0.357 e. The Morgan fingerprint density at radius 2 is 2.00 bits per heavy atom. The molecular weight excluding hydrogens is 310 g/mol.